The fourth-order valence-electron chi connectivity index (χ4n) is 6.38. The van der Waals surface area contributed by atoms with Gasteiger partial charge < -0.3 is 9.80 Å². The van der Waals surface area contributed by atoms with Crippen molar-refractivity contribution in [2.24, 2.45) is 0 Å². The fourth-order valence-corrected chi connectivity index (χ4v) is 6.38. The maximum absolute atomic E-state index is 4.78. The summed E-state index contributed by atoms with van der Waals surface area (Å²) in [5, 5.41) is 2.50. The molecule has 0 fully saturated rings. The molecule has 2 aromatic heterocycles. The maximum Gasteiger partial charge on any atom is 0.137 e. The number of aromatic nitrogens is 2. The average molecular weight is 537 g/mol. The largest absolute Gasteiger partial charge is 0.349 e. The molecule has 0 atom stereocenters. The highest BCUT2D eigenvalue weighted by Crippen LogP contribution is 2.43. The molecule has 0 bridgehead atoms. The zero-order valence-electron chi connectivity index (χ0n) is 24.5. The van der Waals surface area contributed by atoms with Crippen molar-refractivity contribution in [2.45, 2.75) is 46.1 Å². The summed E-state index contributed by atoms with van der Waals surface area (Å²) in [6.45, 7) is 12.2. The van der Waals surface area contributed by atoms with Gasteiger partial charge in [0.05, 0.1) is 29.1 Å². The molecular formula is C37H36N4. The van der Waals surface area contributed by atoms with E-state index in [0.717, 1.165) is 12.5 Å². The molecule has 7 rings (SSSR count). The molecule has 0 spiro atoms. The summed E-state index contributed by atoms with van der Waals surface area (Å²) in [5.74, 6) is 0.954. The van der Waals surface area contributed by atoms with E-state index in [-0.39, 0.29) is 5.41 Å². The van der Waals surface area contributed by atoms with Gasteiger partial charge in [-0.15, -0.1) is 0 Å². The van der Waals surface area contributed by atoms with Gasteiger partial charge in [0.25, 0.3) is 0 Å². The van der Waals surface area contributed by atoms with E-state index in [1.54, 1.807) is 0 Å². The lowest BCUT2D eigenvalue weighted by Gasteiger charge is -2.29. The molecule has 0 N–H and O–H groups in total. The Bertz CT molecular complexity index is 1910. The first-order valence-corrected chi connectivity index (χ1v) is 14.5. The van der Waals surface area contributed by atoms with Gasteiger partial charge in [-0.1, -0.05) is 68.4 Å². The van der Waals surface area contributed by atoms with Gasteiger partial charge in [0.15, 0.2) is 0 Å². The second-order valence-electron chi connectivity index (χ2n) is 12.1. The third-order valence-corrected chi connectivity index (χ3v) is 8.80. The molecule has 1 aliphatic heterocycles. The molecular weight excluding hydrogens is 500 g/mol. The first kappa shape index (κ1) is 25.4. The van der Waals surface area contributed by atoms with E-state index in [0.29, 0.717) is 6.04 Å². The number of pyridine rings is 1. The van der Waals surface area contributed by atoms with E-state index in [9.17, 15) is 0 Å². The molecule has 1 aliphatic rings. The van der Waals surface area contributed by atoms with Crippen molar-refractivity contribution in [2.75, 3.05) is 16.5 Å². The molecule has 4 nitrogen and oxygen atoms in total. The maximum atomic E-state index is 4.78. The monoisotopic (exact) mass is 536 g/mol. The smallest absolute Gasteiger partial charge is 0.137 e. The molecule has 0 saturated heterocycles. The van der Waals surface area contributed by atoms with Crippen molar-refractivity contribution in [1.82, 2.24) is 9.55 Å². The number of rotatable bonds is 5. The second kappa shape index (κ2) is 9.52. The Labute approximate surface area is 242 Å². The molecule has 41 heavy (non-hydrogen) atoms. The van der Waals surface area contributed by atoms with Gasteiger partial charge in [0.2, 0.25) is 0 Å². The lowest BCUT2D eigenvalue weighted by atomic mass is 9.77. The molecule has 0 amide bonds. The fraction of sp³-hybridized carbons (Fsp3) is 0.216. The summed E-state index contributed by atoms with van der Waals surface area (Å²) in [5.41, 5.74) is 9.74. The average Bonchev–Trinajstić information content (AvgIpc) is 3.53. The van der Waals surface area contributed by atoms with Crippen LogP contribution in [-0.4, -0.2) is 22.3 Å². The van der Waals surface area contributed by atoms with E-state index in [1.807, 2.05) is 6.20 Å². The van der Waals surface area contributed by atoms with Crippen molar-refractivity contribution in [1.29, 1.82) is 0 Å². The second-order valence-corrected chi connectivity index (χ2v) is 12.1. The number of benzene rings is 4. The van der Waals surface area contributed by atoms with Crippen LogP contribution < -0.4 is 9.80 Å². The highest BCUT2D eigenvalue weighted by Gasteiger charge is 2.30. The van der Waals surface area contributed by atoms with Crippen LogP contribution in [0.25, 0.3) is 27.6 Å². The molecule has 0 unspecified atom stereocenters. The molecule has 0 aliphatic carbocycles. The van der Waals surface area contributed by atoms with Gasteiger partial charge >= 0.3 is 0 Å². The quantitative estimate of drug-likeness (QED) is 0.220. The van der Waals surface area contributed by atoms with Crippen molar-refractivity contribution < 1.29 is 0 Å². The summed E-state index contributed by atoms with van der Waals surface area (Å²) in [6.07, 6.45) is 1.90. The van der Waals surface area contributed by atoms with E-state index < -0.39 is 0 Å². The van der Waals surface area contributed by atoms with Gasteiger partial charge in [0, 0.05) is 34.1 Å². The standard InChI is InChI=1S/C37H36N4/c1-25(2)39-24-40(34-16-9-8-15-33(34)39)29-12-10-11-27(22-29)37(4,5)28-17-18-31-30-13-6-7-14-32(30)41(35(31)23-28)36-21-26(3)19-20-38-36/h6-23,25H,24H2,1-5H3. The third-order valence-electron chi connectivity index (χ3n) is 8.80. The Morgan fingerprint density at radius 2 is 1.44 bits per heavy atom. The molecule has 0 saturated carbocycles. The number of hydrogen-bond acceptors (Lipinski definition) is 3. The number of anilines is 3. The van der Waals surface area contributed by atoms with E-state index in [1.165, 1.54) is 55.6 Å². The first-order chi connectivity index (χ1) is 19.8. The highest BCUT2D eigenvalue weighted by molar-refractivity contribution is 6.09. The SMILES string of the molecule is Cc1ccnc(-n2c3ccccc3c3ccc(C(C)(C)c4cccc(N5CN(C(C)C)c6ccccc65)c4)cc32)c1. The predicted molar refractivity (Wildman–Crippen MR) is 173 cm³/mol. The van der Waals surface area contributed by atoms with Crippen molar-refractivity contribution in [3.63, 3.8) is 0 Å². The molecule has 3 heterocycles. The van der Waals surface area contributed by atoms with Crippen LogP contribution in [0.5, 0.6) is 0 Å². The minimum Gasteiger partial charge on any atom is -0.349 e. The first-order valence-electron chi connectivity index (χ1n) is 14.5. The molecule has 6 aromatic rings. The van der Waals surface area contributed by atoms with Gasteiger partial charge in [-0.2, -0.15) is 0 Å². The van der Waals surface area contributed by atoms with Crippen LogP contribution in [0.4, 0.5) is 17.1 Å². The van der Waals surface area contributed by atoms with Crippen molar-refractivity contribution in [3.8, 4) is 5.82 Å². The normalized spacial score (nSPS) is 13.5. The highest BCUT2D eigenvalue weighted by atomic mass is 15.4. The Balaban J connectivity index is 1.34. The summed E-state index contributed by atoms with van der Waals surface area (Å²) in [6, 6.07) is 38.1. The van der Waals surface area contributed by atoms with Gasteiger partial charge in [-0.25, -0.2) is 4.98 Å². The Morgan fingerprint density at radius 1 is 0.707 bits per heavy atom. The lowest BCUT2D eigenvalue weighted by molar-refractivity contribution is 0.641. The van der Waals surface area contributed by atoms with Gasteiger partial charge in [-0.3, -0.25) is 4.57 Å². The topological polar surface area (TPSA) is 24.3 Å². The van der Waals surface area contributed by atoms with Crippen LogP contribution in [0.15, 0.2) is 109 Å². The lowest BCUT2D eigenvalue weighted by Crippen LogP contribution is -2.33. The van der Waals surface area contributed by atoms with Crippen molar-refractivity contribution >= 4 is 38.9 Å². The van der Waals surface area contributed by atoms with E-state index in [2.05, 4.69) is 152 Å². The van der Waals surface area contributed by atoms with Crippen molar-refractivity contribution in [3.05, 3.63) is 126 Å². The molecule has 0 radical (unpaired) electrons. The number of hydrogen-bond donors (Lipinski definition) is 0. The molecule has 4 aromatic carbocycles. The van der Waals surface area contributed by atoms with E-state index >= 15 is 0 Å². The summed E-state index contributed by atoms with van der Waals surface area (Å²) in [7, 11) is 0. The van der Waals surface area contributed by atoms with Crippen LogP contribution >= 0.6 is 0 Å². The summed E-state index contributed by atoms with van der Waals surface area (Å²) < 4.78 is 2.31. The summed E-state index contributed by atoms with van der Waals surface area (Å²) >= 11 is 0. The zero-order valence-corrected chi connectivity index (χ0v) is 24.5. The van der Waals surface area contributed by atoms with Crippen LogP contribution in [0.1, 0.15) is 44.4 Å². The van der Waals surface area contributed by atoms with Gasteiger partial charge in [0.1, 0.15) is 5.82 Å². The number of fused-ring (bicyclic) bond motifs is 4. The minimum atomic E-state index is -0.206. The van der Waals surface area contributed by atoms with Crippen LogP contribution in [-0.2, 0) is 5.41 Å². The zero-order chi connectivity index (χ0) is 28.3. The number of para-hydroxylation sites is 3. The Hall–Kier alpha value is -4.57. The van der Waals surface area contributed by atoms with Crippen LogP contribution in [0.3, 0.4) is 0 Å². The predicted octanol–water partition coefficient (Wildman–Crippen LogP) is 9.14. The summed E-state index contributed by atoms with van der Waals surface area (Å²) in [4.78, 5) is 9.69. The number of aryl methyl sites for hydroxylation is 1. The Kier molecular flexibility index (Phi) is 5.90. The third kappa shape index (κ3) is 4.09. The van der Waals surface area contributed by atoms with Crippen LogP contribution in [0.2, 0.25) is 0 Å². The van der Waals surface area contributed by atoms with E-state index in [4.69, 9.17) is 4.98 Å². The molecule has 4 heteroatoms. The van der Waals surface area contributed by atoms with Crippen LogP contribution in [0, 0.1) is 6.92 Å². The Morgan fingerprint density at radius 3 is 2.24 bits per heavy atom. The van der Waals surface area contributed by atoms with Gasteiger partial charge in [-0.05, 0) is 86.0 Å². The minimum absolute atomic E-state index is 0.206. The molecule has 204 valence electrons. The number of nitrogens with zero attached hydrogens (tertiary/aromatic N) is 4.